The van der Waals surface area contributed by atoms with Crippen LogP contribution in [0, 0.1) is 0 Å². The average Bonchev–Trinajstić information content (AvgIpc) is 2.33. The molecule has 104 valence electrons. The average molecular weight is 276 g/mol. The second kappa shape index (κ2) is 6.66. The molecule has 1 aromatic carbocycles. The fourth-order valence-electron chi connectivity index (χ4n) is 1.82. The van der Waals surface area contributed by atoms with Crippen molar-refractivity contribution in [1.29, 1.82) is 0 Å². The summed E-state index contributed by atoms with van der Waals surface area (Å²) in [5.41, 5.74) is 2.06. The molecule has 1 rings (SSSR count). The molecule has 0 spiro atoms. The van der Waals surface area contributed by atoms with Crippen LogP contribution >= 0.6 is 0 Å². The number of hydrazone groups is 1. The lowest BCUT2D eigenvalue weighted by Gasteiger charge is -2.32. The maximum absolute atomic E-state index is 11.3. The zero-order chi connectivity index (χ0) is 14.5. The Morgan fingerprint density at radius 2 is 1.79 bits per heavy atom. The number of carbonyl (C=O) groups is 1. The molecule has 0 aliphatic heterocycles. The first-order valence-corrected chi connectivity index (χ1v) is 10.2. The third-order valence-electron chi connectivity index (χ3n) is 2.74. The van der Waals surface area contributed by atoms with E-state index in [9.17, 15) is 4.79 Å². The van der Waals surface area contributed by atoms with Crippen LogP contribution in [-0.4, -0.2) is 19.7 Å². The molecule has 0 unspecified atom stereocenters. The number of benzene rings is 1. The smallest absolute Gasteiger partial charge is 0.176 e. The molecule has 1 aromatic rings. The van der Waals surface area contributed by atoms with Crippen molar-refractivity contribution in [3.8, 4) is 0 Å². The van der Waals surface area contributed by atoms with E-state index in [1.54, 1.807) is 6.92 Å². The van der Waals surface area contributed by atoms with E-state index in [2.05, 4.69) is 43.4 Å². The Hall–Kier alpha value is -1.42. The van der Waals surface area contributed by atoms with E-state index in [1.165, 1.54) is 0 Å². The van der Waals surface area contributed by atoms with E-state index in [-0.39, 0.29) is 5.78 Å². The summed E-state index contributed by atoms with van der Waals surface area (Å²) >= 11 is 0. The van der Waals surface area contributed by atoms with Gasteiger partial charge in [0.15, 0.2) is 8.24 Å². The van der Waals surface area contributed by atoms with Gasteiger partial charge in [0, 0.05) is 17.8 Å². The molecule has 0 N–H and O–H groups in total. The number of nitrogens with zero attached hydrogens (tertiary/aromatic N) is 2. The van der Waals surface area contributed by atoms with E-state index < -0.39 is 8.24 Å². The van der Waals surface area contributed by atoms with Gasteiger partial charge in [0.1, 0.15) is 5.78 Å². The third-order valence-corrected chi connectivity index (χ3v) is 4.37. The van der Waals surface area contributed by atoms with Crippen molar-refractivity contribution in [2.75, 3.05) is 4.67 Å². The van der Waals surface area contributed by atoms with Crippen molar-refractivity contribution in [2.24, 2.45) is 5.10 Å². The first-order chi connectivity index (χ1) is 8.84. The fourth-order valence-corrected chi connectivity index (χ4v) is 3.19. The molecule has 0 amide bonds. The Morgan fingerprint density at radius 1 is 1.21 bits per heavy atom. The summed E-state index contributed by atoms with van der Waals surface area (Å²) in [4.78, 5) is 11.3. The molecule has 19 heavy (non-hydrogen) atoms. The fraction of sp³-hybridized carbons (Fsp3) is 0.467. The van der Waals surface area contributed by atoms with Gasteiger partial charge < -0.3 is 0 Å². The van der Waals surface area contributed by atoms with E-state index in [4.69, 9.17) is 5.10 Å². The highest BCUT2D eigenvalue weighted by Crippen LogP contribution is 2.22. The van der Waals surface area contributed by atoms with Crippen molar-refractivity contribution in [2.45, 2.75) is 46.3 Å². The van der Waals surface area contributed by atoms with Crippen LogP contribution in [-0.2, 0) is 4.79 Å². The molecule has 0 saturated carbocycles. The maximum Gasteiger partial charge on any atom is 0.176 e. The quantitative estimate of drug-likeness (QED) is 0.445. The highest BCUT2D eigenvalue weighted by Gasteiger charge is 2.24. The second-order valence-corrected chi connectivity index (χ2v) is 10.5. The van der Waals surface area contributed by atoms with Crippen LogP contribution in [0.4, 0.5) is 5.69 Å². The lowest BCUT2D eigenvalue weighted by atomic mass is 10.2. The summed E-state index contributed by atoms with van der Waals surface area (Å²) in [6.45, 7) is 10.4. The van der Waals surface area contributed by atoms with Gasteiger partial charge >= 0.3 is 0 Å². The van der Waals surface area contributed by atoms with Gasteiger partial charge in [-0.2, -0.15) is 5.10 Å². The number of Topliss-reactive ketones (excluding diaryl/α,β-unsaturated/α-hetero) is 1. The van der Waals surface area contributed by atoms with Crippen molar-refractivity contribution in [3.05, 3.63) is 30.3 Å². The van der Waals surface area contributed by atoms with E-state index in [0.717, 1.165) is 17.8 Å². The van der Waals surface area contributed by atoms with Crippen LogP contribution in [0.5, 0.6) is 0 Å². The molecule has 0 aromatic heterocycles. The van der Waals surface area contributed by atoms with Gasteiger partial charge in [-0.3, -0.25) is 9.47 Å². The predicted molar refractivity (Wildman–Crippen MR) is 85.3 cm³/mol. The lowest BCUT2D eigenvalue weighted by molar-refractivity contribution is -0.115. The van der Waals surface area contributed by atoms with Gasteiger partial charge in [0.05, 0.1) is 0 Å². The molecule has 0 saturated heterocycles. The number of anilines is 1. The van der Waals surface area contributed by atoms with Gasteiger partial charge in [0.25, 0.3) is 0 Å². The summed E-state index contributed by atoms with van der Waals surface area (Å²) in [6.07, 6.45) is 1.26. The van der Waals surface area contributed by atoms with Gasteiger partial charge in [-0.15, -0.1) is 0 Å². The Balaban J connectivity index is 3.12. The Labute approximate surface area is 117 Å². The van der Waals surface area contributed by atoms with E-state index in [0.29, 0.717) is 6.42 Å². The SMILES string of the molecule is CCC(CC(C)=O)=NN(c1ccccc1)[Si](C)(C)C. The van der Waals surface area contributed by atoms with Crippen molar-refractivity contribution < 1.29 is 4.79 Å². The van der Waals surface area contributed by atoms with Crippen molar-refractivity contribution in [3.63, 3.8) is 0 Å². The minimum atomic E-state index is -1.62. The second-order valence-electron chi connectivity index (χ2n) is 5.72. The molecular formula is C15H24N2OSi. The van der Waals surface area contributed by atoms with Crippen LogP contribution in [0.3, 0.4) is 0 Å². The van der Waals surface area contributed by atoms with E-state index >= 15 is 0 Å². The number of carbonyl (C=O) groups excluding carboxylic acids is 1. The number of rotatable bonds is 6. The first kappa shape index (κ1) is 15.6. The lowest BCUT2D eigenvalue weighted by Crippen LogP contribution is -2.43. The minimum Gasteiger partial charge on any atom is -0.300 e. The summed E-state index contributed by atoms with van der Waals surface area (Å²) in [5, 5.41) is 4.77. The monoisotopic (exact) mass is 276 g/mol. The molecule has 0 bridgehead atoms. The Kier molecular flexibility index (Phi) is 5.48. The topological polar surface area (TPSA) is 32.7 Å². The number of ketones is 1. The molecule has 0 aliphatic carbocycles. The molecule has 0 atom stereocenters. The number of hydrogen-bond donors (Lipinski definition) is 0. The third kappa shape index (κ3) is 4.99. The van der Waals surface area contributed by atoms with Crippen molar-refractivity contribution in [1.82, 2.24) is 0 Å². The van der Waals surface area contributed by atoms with E-state index in [1.807, 2.05) is 18.2 Å². The normalized spacial score (nSPS) is 12.4. The highest BCUT2D eigenvalue weighted by molar-refractivity contribution is 6.79. The van der Waals surface area contributed by atoms with Crippen molar-refractivity contribution >= 4 is 25.4 Å². The van der Waals surface area contributed by atoms with Gasteiger partial charge in [-0.25, -0.2) is 0 Å². The van der Waals surface area contributed by atoms with Gasteiger partial charge in [-0.05, 0) is 45.1 Å². The summed E-state index contributed by atoms with van der Waals surface area (Å²) < 4.78 is 2.13. The highest BCUT2D eigenvalue weighted by atomic mass is 28.3. The standard InChI is InChI=1S/C15H24N2OSi/c1-6-14(12-13(2)18)16-17(19(3,4)5)15-10-8-7-9-11-15/h7-11H,6,12H2,1-5H3. The summed E-state index contributed by atoms with van der Waals surface area (Å²) in [5.74, 6) is 0.171. The molecule has 0 aliphatic rings. The molecule has 3 nitrogen and oxygen atoms in total. The number of hydrogen-bond acceptors (Lipinski definition) is 3. The minimum absolute atomic E-state index is 0.171. The molecule has 0 heterocycles. The Bertz CT molecular complexity index is 449. The van der Waals surface area contributed by atoms with Crippen LogP contribution in [0.1, 0.15) is 26.7 Å². The Morgan fingerprint density at radius 3 is 2.21 bits per heavy atom. The molecule has 0 fully saturated rings. The summed E-state index contributed by atoms with van der Waals surface area (Å²) in [7, 11) is -1.62. The van der Waals surface area contributed by atoms with Crippen LogP contribution < -0.4 is 4.67 Å². The first-order valence-electron chi connectivity index (χ1n) is 6.75. The largest absolute Gasteiger partial charge is 0.300 e. The van der Waals surface area contributed by atoms with Crippen LogP contribution in [0.25, 0.3) is 0 Å². The van der Waals surface area contributed by atoms with Crippen LogP contribution in [0.2, 0.25) is 19.6 Å². The summed E-state index contributed by atoms with van der Waals surface area (Å²) in [6, 6.07) is 10.2. The molecule has 0 radical (unpaired) electrons. The van der Waals surface area contributed by atoms with Gasteiger partial charge in [0.2, 0.25) is 0 Å². The molecule has 4 heteroatoms. The van der Waals surface area contributed by atoms with Gasteiger partial charge in [-0.1, -0.05) is 25.1 Å². The molecular weight excluding hydrogens is 252 g/mol. The zero-order valence-electron chi connectivity index (χ0n) is 12.6. The van der Waals surface area contributed by atoms with Crippen LogP contribution in [0.15, 0.2) is 35.4 Å². The zero-order valence-corrected chi connectivity index (χ0v) is 13.6. The maximum atomic E-state index is 11.3. The number of para-hydroxylation sites is 1. The predicted octanol–water partition coefficient (Wildman–Crippen LogP) is 4.07.